The molecule has 3 aromatic carbocycles. The second-order valence-electron chi connectivity index (χ2n) is 11.0. The summed E-state index contributed by atoms with van der Waals surface area (Å²) in [7, 11) is -3.54. The molecule has 4 atom stereocenters. The van der Waals surface area contributed by atoms with Crippen LogP contribution in [0.4, 0.5) is 0 Å². The summed E-state index contributed by atoms with van der Waals surface area (Å²) in [5, 5.41) is 14.9. The van der Waals surface area contributed by atoms with Gasteiger partial charge in [0, 0.05) is 22.2 Å². The van der Waals surface area contributed by atoms with Gasteiger partial charge in [-0.3, -0.25) is 9.59 Å². The number of halogens is 2. The molecule has 0 radical (unpaired) electrons. The SMILES string of the molecule is CS(=O)(=O)NOc1cccc(CCNC(=O)[C@@H]2c3ccccc3C(=O)N([C@H]3CCCC[C@@H]3O)[C@H]2c2ccc(Cl)cc2Cl)c1. The highest BCUT2D eigenvalue weighted by atomic mass is 35.5. The predicted molar refractivity (Wildman–Crippen MR) is 165 cm³/mol. The number of nitrogens with one attached hydrogen (secondary N) is 2. The number of fused-ring (bicyclic) bond motifs is 1. The number of carbonyl (C=O) groups is 2. The molecule has 1 aliphatic carbocycles. The molecule has 5 rings (SSSR count). The lowest BCUT2D eigenvalue weighted by molar-refractivity contribution is -0.125. The highest BCUT2D eigenvalue weighted by Crippen LogP contribution is 2.47. The van der Waals surface area contributed by atoms with E-state index in [-0.39, 0.29) is 18.4 Å². The van der Waals surface area contributed by atoms with Gasteiger partial charge in [-0.1, -0.05) is 72.4 Å². The minimum atomic E-state index is -3.54. The van der Waals surface area contributed by atoms with E-state index < -0.39 is 34.1 Å². The third-order valence-corrected chi connectivity index (χ3v) is 8.86. The van der Waals surface area contributed by atoms with Crippen molar-refractivity contribution in [1.82, 2.24) is 15.1 Å². The van der Waals surface area contributed by atoms with Gasteiger partial charge in [0.1, 0.15) is 5.75 Å². The summed E-state index contributed by atoms with van der Waals surface area (Å²) in [5.41, 5.74) is 2.40. The predicted octanol–water partition coefficient (Wildman–Crippen LogP) is 4.78. The Morgan fingerprint density at radius 1 is 1.02 bits per heavy atom. The fraction of sp³-hybridized carbons (Fsp3) is 0.355. The fourth-order valence-corrected chi connectivity index (χ4v) is 6.78. The van der Waals surface area contributed by atoms with Crippen LogP contribution in [0.1, 0.15) is 64.7 Å². The molecule has 0 aromatic heterocycles. The zero-order chi connectivity index (χ0) is 30.7. The van der Waals surface area contributed by atoms with Crippen molar-refractivity contribution >= 4 is 45.0 Å². The maximum atomic E-state index is 14.1. The van der Waals surface area contributed by atoms with Gasteiger partial charge in [0.05, 0.1) is 30.4 Å². The van der Waals surface area contributed by atoms with Crippen molar-refractivity contribution in [2.45, 2.75) is 56.2 Å². The van der Waals surface area contributed by atoms with Crippen molar-refractivity contribution in [3.63, 3.8) is 0 Å². The van der Waals surface area contributed by atoms with Crippen LogP contribution in [0.15, 0.2) is 66.7 Å². The fourth-order valence-electron chi connectivity index (χ4n) is 6.02. The summed E-state index contributed by atoms with van der Waals surface area (Å²) < 4.78 is 22.7. The monoisotopic (exact) mass is 645 g/mol. The Labute approximate surface area is 261 Å². The van der Waals surface area contributed by atoms with Crippen LogP contribution in [0.3, 0.4) is 0 Å². The van der Waals surface area contributed by atoms with E-state index in [1.54, 1.807) is 65.6 Å². The number of carbonyl (C=O) groups excluding carboxylic acids is 2. The van der Waals surface area contributed by atoms with Gasteiger partial charge < -0.3 is 20.2 Å². The van der Waals surface area contributed by atoms with E-state index in [1.807, 2.05) is 11.0 Å². The lowest BCUT2D eigenvalue weighted by Crippen LogP contribution is -2.55. The summed E-state index contributed by atoms with van der Waals surface area (Å²) in [6.45, 7) is 0.265. The summed E-state index contributed by atoms with van der Waals surface area (Å²) in [6, 6.07) is 17.7. The molecule has 1 aliphatic heterocycles. The first kappa shape index (κ1) is 31.3. The third-order valence-electron chi connectivity index (χ3n) is 7.91. The van der Waals surface area contributed by atoms with Crippen LogP contribution >= 0.6 is 23.2 Å². The topological polar surface area (TPSA) is 125 Å². The first-order chi connectivity index (χ1) is 20.5. The van der Waals surface area contributed by atoms with Gasteiger partial charge in [0.15, 0.2) is 0 Å². The van der Waals surface area contributed by atoms with Gasteiger partial charge in [-0.05, 0) is 71.2 Å². The van der Waals surface area contributed by atoms with Crippen molar-refractivity contribution in [3.8, 4) is 5.75 Å². The first-order valence-electron chi connectivity index (χ1n) is 14.1. The zero-order valence-corrected chi connectivity index (χ0v) is 25.8. The number of hydrogen-bond donors (Lipinski definition) is 3. The summed E-state index contributed by atoms with van der Waals surface area (Å²) in [6.07, 6.45) is 3.59. The normalized spacial score (nSPS) is 22.1. The Kier molecular flexibility index (Phi) is 9.63. The van der Waals surface area contributed by atoms with E-state index in [9.17, 15) is 23.1 Å². The average Bonchev–Trinajstić information content (AvgIpc) is 2.97. The number of aliphatic hydroxyl groups excluding tert-OH is 1. The highest BCUT2D eigenvalue weighted by Gasteiger charge is 2.48. The molecule has 2 amide bonds. The number of nitrogens with zero attached hydrogens (tertiary/aromatic N) is 1. The molecule has 2 aliphatic rings. The first-order valence-corrected chi connectivity index (χ1v) is 16.7. The summed E-state index contributed by atoms with van der Waals surface area (Å²) in [4.78, 5) is 37.0. The molecular formula is C31H33Cl2N3O6S. The van der Waals surface area contributed by atoms with Crippen LogP contribution in [0.2, 0.25) is 10.0 Å². The number of rotatable bonds is 9. The molecule has 1 fully saturated rings. The molecule has 12 heteroatoms. The Morgan fingerprint density at radius 2 is 1.79 bits per heavy atom. The second-order valence-corrected chi connectivity index (χ2v) is 13.5. The minimum Gasteiger partial charge on any atom is -0.394 e. The van der Waals surface area contributed by atoms with E-state index in [1.165, 1.54) is 0 Å². The van der Waals surface area contributed by atoms with E-state index >= 15 is 0 Å². The highest BCUT2D eigenvalue weighted by molar-refractivity contribution is 7.88. The van der Waals surface area contributed by atoms with Gasteiger partial charge in [0.2, 0.25) is 15.9 Å². The van der Waals surface area contributed by atoms with Crippen LogP contribution in [0, 0.1) is 0 Å². The van der Waals surface area contributed by atoms with E-state index in [2.05, 4.69) is 5.32 Å². The quantitative estimate of drug-likeness (QED) is 0.288. The molecule has 1 heterocycles. The van der Waals surface area contributed by atoms with Crippen LogP contribution in [-0.2, 0) is 21.2 Å². The molecule has 0 bridgehead atoms. The largest absolute Gasteiger partial charge is 0.394 e. The number of aliphatic hydroxyl groups is 1. The second kappa shape index (κ2) is 13.2. The van der Waals surface area contributed by atoms with Gasteiger partial charge in [0.25, 0.3) is 5.91 Å². The molecule has 43 heavy (non-hydrogen) atoms. The Bertz CT molecular complexity index is 1620. The molecular weight excluding hydrogens is 613 g/mol. The van der Waals surface area contributed by atoms with Crippen LogP contribution in [-0.4, -0.2) is 55.2 Å². The van der Waals surface area contributed by atoms with Crippen molar-refractivity contribution in [3.05, 3.63) is 99.0 Å². The lowest BCUT2D eigenvalue weighted by atomic mass is 9.76. The van der Waals surface area contributed by atoms with E-state index in [0.29, 0.717) is 51.7 Å². The van der Waals surface area contributed by atoms with Crippen LogP contribution in [0.5, 0.6) is 5.75 Å². The van der Waals surface area contributed by atoms with E-state index in [4.69, 9.17) is 28.0 Å². The molecule has 3 aromatic rings. The Balaban J connectivity index is 1.46. The standard InChI is InChI=1S/C31H33Cl2N3O6S/c1-43(40,41)35-42-21-8-6-7-19(17-21)15-16-34-30(38)28-22-9-2-3-10-23(22)31(39)36(26-11-4-5-12-27(26)37)29(28)24-14-13-20(32)18-25(24)33/h2-3,6-10,13-14,17-18,26-29,35,37H,4-5,11-12,15-16H2,1H3,(H,34,38)/t26-,27-,28+,29-/m0/s1. The molecule has 9 nitrogen and oxygen atoms in total. The maximum Gasteiger partial charge on any atom is 0.255 e. The molecule has 0 unspecified atom stereocenters. The number of benzene rings is 3. The van der Waals surface area contributed by atoms with Crippen LogP contribution in [0.25, 0.3) is 0 Å². The van der Waals surface area contributed by atoms with E-state index in [0.717, 1.165) is 24.7 Å². The zero-order valence-electron chi connectivity index (χ0n) is 23.5. The molecule has 1 saturated carbocycles. The molecule has 0 saturated heterocycles. The van der Waals surface area contributed by atoms with Gasteiger partial charge in [-0.25, -0.2) is 8.42 Å². The Hall–Kier alpha value is -3.15. The van der Waals surface area contributed by atoms with Crippen molar-refractivity contribution in [2.75, 3.05) is 12.8 Å². The van der Waals surface area contributed by atoms with Crippen molar-refractivity contribution in [1.29, 1.82) is 0 Å². The Morgan fingerprint density at radius 3 is 2.53 bits per heavy atom. The maximum absolute atomic E-state index is 14.1. The number of sulfonamides is 1. The number of hydrogen-bond acceptors (Lipinski definition) is 6. The molecule has 3 N–H and O–H groups in total. The van der Waals surface area contributed by atoms with Crippen molar-refractivity contribution < 1.29 is 28.0 Å². The lowest BCUT2D eigenvalue weighted by Gasteiger charge is -2.48. The summed E-state index contributed by atoms with van der Waals surface area (Å²) >= 11 is 13.0. The van der Waals surface area contributed by atoms with Gasteiger partial charge in [-0.15, -0.1) is 0 Å². The van der Waals surface area contributed by atoms with Crippen molar-refractivity contribution in [2.24, 2.45) is 0 Å². The van der Waals surface area contributed by atoms with Gasteiger partial charge in [-0.2, -0.15) is 0 Å². The molecule has 228 valence electrons. The third kappa shape index (κ3) is 7.16. The number of amides is 2. The minimum absolute atomic E-state index is 0.249. The smallest absolute Gasteiger partial charge is 0.255 e. The average molecular weight is 647 g/mol. The summed E-state index contributed by atoms with van der Waals surface area (Å²) in [5.74, 6) is -1.04. The molecule has 0 spiro atoms. The van der Waals surface area contributed by atoms with Gasteiger partial charge >= 0.3 is 0 Å². The van der Waals surface area contributed by atoms with Crippen LogP contribution < -0.4 is 15.0 Å².